The summed E-state index contributed by atoms with van der Waals surface area (Å²) in [6.07, 6.45) is 0.658. The minimum Gasteiger partial charge on any atom is -0.484 e. The Balaban J connectivity index is 1.44. The minimum absolute atomic E-state index is 0.00617. The van der Waals surface area contributed by atoms with E-state index in [2.05, 4.69) is 15.6 Å². The van der Waals surface area contributed by atoms with Crippen molar-refractivity contribution in [1.29, 1.82) is 0 Å². The monoisotopic (exact) mass is 395 g/mol. The number of carbonyl (C=O) groups is 2. The second kappa shape index (κ2) is 9.66. The largest absolute Gasteiger partial charge is 0.484 e. The molecule has 2 aromatic carbocycles. The number of hydrogen-bond donors (Lipinski definition) is 2. The highest BCUT2D eigenvalue weighted by atomic mass is 32.1. The van der Waals surface area contributed by atoms with Crippen molar-refractivity contribution in [3.63, 3.8) is 0 Å². The molecule has 0 aliphatic carbocycles. The number of rotatable bonds is 8. The zero-order valence-corrected chi connectivity index (χ0v) is 16.3. The van der Waals surface area contributed by atoms with Crippen LogP contribution in [0.4, 0.5) is 5.69 Å². The van der Waals surface area contributed by atoms with Crippen LogP contribution in [0, 0.1) is 0 Å². The number of para-hydroxylation sites is 1. The molecule has 0 unspecified atom stereocenters. The summed E-state index contributed by atoms with van der Waals surface area (Å²) in [6.45, 7) is 1.98. The lowest BCUT2D eigenvalue weighted by Crippen LogP contribution is -2.30. The van der Waals surface area contributed by atoms with Crippen LogP contribution in [0.3, 0.4) is 0 Å². The molecule has 6 nitrogen and oxygen atoms in total. The van der Waals surface area contributed by atoms with Crippen molar-refractivity contribution < 1.29 is 14.3 Å². The zero-order valence-electron chi connectivity index (χ0n) is 15.5. The van der Waals surface area contributed by atoms with E-state index in [1.165, 1.54) is 6.92 Å². The van der Waals surface area contributed by atoms with Gasteiger partial charge >= 0.3 is 0 Å². The average Bonchev–Trinajstić information content (AvgIpc) is 3.16. The van der Waals surface area contributed by atoms with Gasteiger partial charge in [0.15, 0.2) is 6.61 Å². The maximum atomic E-state index is 11.9. The molecule has 0 saturated heterocycles. The highest BCUT2D eigenvalue weighted by molar-refractivity contribution is 7.09. The van der Waals surface area contributed by atoms with Gasteiger partial charge in [-0.05, 0) is 24.3 Å². The van der Waals surface area contributed by atoms with Crippen LogP contribution >= 0.6 is 11.3 Å². The van der Waals surface area contributed by atoms with Gasteiger partial charge in [0.1, 0.15) is 5.75 Å². The molecule has 7 heteroatoms. The normalized spacial score (nSPS) is 10.3. The third-order valence-corrected chi connectivity index (χ3v) is 4.74. The summed E-state index contributed by atoms with van der Waals surface area (Å²) in [5, 5.41) is 8.52. The lowest BCUT2D eigenvalue weighted by molar-refractivity contribution is -0.123. The second-order valence-corrected chi connectivity index (χ2v) is 7.03. The Labute approximate surface area is 167 Å². The van der Waals surface area contributed by atoms with E-state index in [4.69, 9.17) is 4.74 Å². The average molecular weight is 395 g/mol. The number of carbonyl (C=O) groups excluding carboxylic acids is 2. The summed E-state index contributed by atoms with van der Waals surface area (Å²) in [4.78, 5) is 27.5. The van der Waals surface area contributed by atoms with Crippen molar-refractivity contribution in [2.45, 2.75) is 13.3 Å². The summed E-state index contributed by atoms with van der Waals surface area (Å²) in [5.41, 5.74) is 2.62. The number of ether oxygens (including phenoxy) is 1. The molecule has 0 fully saturated rings. The molecule has 0 aliphatic heterocycles. The Kier molecular flexibility index (Phi) is 6.75. The first-order valence-corrected chi connectivity index (χ1v) is 9.75. The number of benzene rings is 2. The fourth-order valence-corrected chi connectivity index (χ4v) is 3.32. The first-order chi connectivity index (χ1) is 13.6. The lowest BCUT2D eigenvalue weighted by atomic mass is 10.1. The van der Waals surface area contributed by atoms with E-state index in [9.17, 15) is 9.59 Å². The van der Waals surface area contributed by atoms with Crippen molar-refractivity contribution in [3.05, 3.63) is 65.0 Å². The Hall–Kier alpha value is -3.19. The molecule has 0 atom stereocenters. The fourth-order valence-electron chi connectivity index (χ4n) is 2.51. The maximum absolute atomic E-state index is 11.9. The van der Waals surface area contributed by atoms with Crippen molar-refractivity contribution in [2.24, 2.45) is 0 Å². The lowest BCUT2D eigenvalue weighted by Gasteiger charge is -2.06. The SMILES string of the molecule is CC(=O)Nc1ccc(-c2csc(CCNC(=O)COc3ccccc3)n2)cc1. The number of nitrogens with one attached hydrogen (secondary N) is 2. The summed E-state index contributed by atoms with van der Waals surface area (Å²) in [6, 6.07) is 16.8. The molecule has 1 heterocycles. The van der Waals surface area contributed by atoms with Crippen molar-refractivity contribution in [2.75, 3.05) is 18.5 Å². The molecule has 2 N–H and O–H groups in total. The van der Waals surface area contributed by atoms with Crippen LogP contribution < -0.4 is 15.4 Å². The number of thiazole rings is 1. The molecule has 3 aromatic rings. The van der Waals surface area contributed by atoms with Gasteiger partial charge < -0.3 is 15.4 Å². The van der Waals surface area contributed by atoms with Gasteiger partial charge in [0.25, 0.3) is 5.91 Å². The Morgan fingerprint density at radius 3 is 2.54 bits per heavy atom. The standard InChI is InChI=1S/C21H21N3O3S/c1-15(25)23-17-9-7-16(8-10-17)19-14-28-21(24-19)11-12-22-20(26)13-27-18-5-3-2-4-6-18/h2-10,14H,11-13H2,1H3,(H,22,26)(H,23,25). The van der Waals surface area contributed by atoms with Crippen LogP contribution in [0.25, 0.3) is 11.3 Å². The zero-order chi connectivity index (χ0) is 19.8. The molecule has 0 radical (unpaired) electrons. The molecule has 0 spiro atoms. The maximum Gasteiger partial charge on any atom is 0.257 e. The predicted molar refractivity (Wildman–Crippen MR) is 111 cm³/mol. The van der Waals surface area contributed by atoms with Gasteiger partial charge in [0.05, 0.1) is 10.7 Å². The molecule has 144 valence electrons. The second-order valence-electron chi connectivity index (χ2n) is 6.09. The molecule has 2 amide bonds. The van der Waals surface area contributed by atoms with Crippen LogP contribution in [0.2, 0.25) is 0 Å². The Morgan fingerprint density at radius 2 is 1.82 bits per heavy atom. The van der Waals surface area contributed by atoms with Gasteiger partial charge in [0.2, 0.25) is 5.91 Å². The molecular formula is C21H21N3O3S. The molecular weight excluding hydrogens is 374 g/mol. The van der Waals surface area contributed by atoms with Crippen molar-refractivity contribution in [1.82, 2.24) is 10.3 Å². The van der Waals surface area contributed by atoms with Gasteiger partial charge in [-0.1, -0.05) is 30.3 Å². The molecule has 3 rings (SSSR count). The minimum atomic E-state index is -0.158. The number of hydrogen-bond acceptors (Lipinski definition) is 5. The summed E-state index contributed by atoms with van der Waals surface area (Å²) < 4.78 is 5.41. The highest BCUT2D eigenvalue weighted by Gasteiger charge is 2.07. The van der Waals surface area contributed by atoms with Gasteiger partial charge in [-0.15, -0.1) is 11.3 Å². The van der Waals surface area contributed by atoms with E-state index in [1.54, 1.807) is 11.3 Å². The predicted octanol–water partition coefficient (Wildman–Crippen LogP) is 3.51. The molecule has 0 aliphatic rings. The van der Waals surface area contributed by atoms with E-state index < -0.39 is 0 Å². The van der Waals surface area contributed by atoms with E-state index in [-0.39, 0.29) is 18.4 Å². The van der Waals surface area contributed by atoms with Gasteiger partial charge in [-0.2, -0.15) is 0 Å². The van der Waals surface area contributed by atoms with Crippen molar-refractivity contribution in [3.8, 4) is 17.0 Å². The van der Waals surface area contributed by atoms with Gasteiger partial charge in [-0.25, -0.2) is 4.98 Å². The summed E-state index contributed by atoms with van der Waals surface area (Å²) in [7, 11) is 0. The highest BCUT2D eigenvalue weighted by Crippen LogP contribution is 2.23. The molecule has 0 saturated carbocycles. The van der Waals surface area contributed by atoms with E-state index >= 15 is 0 Å². The third kappa shape index (κ3) is 5.92. The van der Waals surface area contributed by atoms with Crippen LogP contribution in [0.15, 0.2) is 60.0 Å². The quantitative estimate of drug-likeness (QED) is 0.612. The molecule has 0 bridgehead atoms. The fraction of sp³-hybridized carbons (Fsp3) is 0.190. The van der Waals surface area contributed by atoms with Crippen LogP contribution in [-0.4, -0.2) is 29.9 Å². The smallest absolute Gasteiger partial charge is 0.257 e. The van der Waals surface area contributed by atoms with Crippen LogP contribution in [0.1, 0.15) is 11.9 Å². The summed E-state index contributed by atoms with van der Waals surface area (Å²) >= 11 is 1.56. The first kappa shape index (κ1) is 19.6. The number of nitrogens with zero attached hydrogens (tertiary/aromatic N) is 1. The van der Waals surface area contributed by atoms with E-state index in [1.807, 2.05) is 60.0 Å². The van der Waals surface area contributed by atoms with Gasteiger partial charge in [0, 0.05) is 36.5 Å². The van der Waals surface area contributed by atoms with E-state index in [0.717, 1.165) is 22.0 Å². The van der Waals surface area contributed by atoms with Crippen molar-refractivity contribution >= 4 is 28.8 Å². The van der Waals surface area contributed by atoms with Crippen LogP contribution in [-0.2, 0) is 16.0 Å². The Morgan fingerprint density at radius 1 is 1.07 bits per heavy atom. The number of aromatic nitrogens is 1. The van der Waals surface area contributed by atoms with E-state index in [0.29, 0.717) is 18.7 Å². The number of anilines is 1. The third-order valence-electron chi connectivity index (χ3n) is 3.83. The molecule has 28 heavy (non-hydrogen) atoms. The van der Waals surface area contributed by atoms with Gasteiger partial charge in [-0.3, -0.25) is 9.59 Å². The first-order valence-electron chi connectivity index (χ1n) is 8.87. The summed E-state index contributed by atoms with van der Waals surface area (Å²) in [5.74, 6) is 0.417. The topological polar surface area (TPSA) is 80.3 Å². The number of amides is 2. The molecule has 1 aromatic heterocycles. The Bertz CT molecular complexity index is 924. The van der Waals surface area contributed by atoms with Crippen LogP contribution in [0.5, 0.6) is 5.75 Å².